The molecule has 0 bridgehead atoms. The number of nitrogens with two attached hydrogens (primary N) is 1. The number of hydrogen-bond acceptors (Lipinski definition) is 4. The van der Waals surface area contributed by atoms with Crippen molar-refractivity contribution >= 4 is 22.9 Å². The normalized spacial score (nSPS) is 23.1. The van der Waals surface area contributed by atoms with Crippen LogP contribution in [0.5, 0.6) is 0 Å². The molecule has 18 heavy (non-hydrogen) atoms. The maximum atomic E-state index is 5.80. The van der Waals surface area contributed by atoms with Crippen LogP contribution in [-0.2, 0) is 4.74 Å². The van der Waals surface area contributed by atoms with Crippen LogP contribution in [0.3, 0.4) is 0 Å². The van der Waals surface area contributed by atoms with Crippen LogP contribution >= 0.6 is 12.2 Å². The number of anilines is 1. The Balaban J connectivity index is 2.39. The van der Waals surface area contributed by atoms with Gasteiger partial charge in [0.05, 0.1) is 17.7 Å². The van der Waals surface area contributed by atoms with Gasteiger partial charge in [-0.1, -0.05) is 12.2 Å². The van der Waals surface area contributed by atoms with Crippen molar-refractivity contribution in [2.75, 3.05) is 18.5 Å². The van der Waals surface area contributed by atoms with E-state index in [0.29, 0.717) is 11.6 Å². The molecule has 1 fully saturated rings. The highest BCUT2D eigenvalue weighted by molar-refractivity contribution is 7.80. The van der Waals surface area contributed by atoms with Crippen LogP contribution in [0.4, 0.5) is 5.69 Å². The van der Waals surface area contributed by atoms with Gasteiger partial charge in [0.15, 0.2) is 0 Å². The van der Waals surface area contributed by atoms with Gasteiger partial charge >= 0.3 is 0 Å². The molecule has 1 atom stereocenters. The van der Waals surface area contributed by atoms with Crippen molar-refractivity contribution in [3.63, 3.8) is 0 Å². The lowest BCUT2D eigenvalue weighted by atomic mass is 10.00. The minimum absolute atomic E-state index is 0.0558. The molecule has 2 rings (SSSR count). The second kappa shape index (κ2) is 4.82. The van der Waals surface area contributed by atoms with E-state index in [2.05, 4.69) is 17.2 Å². The Kier molecular flexibility index (Phi) is 3.54. The van der Waals surface area contributed by atoms with Crippen molar-refractivity contribution in [2.45, 2.75) is 32.7 Å². The van der Waals surface area contributed by atoms with Crippen LogP contribution in [0, 0.1) is 13.8 Å². The summed E-state index contributed by atoms with van der Waals surface area (Å²) in [4.78, 5) is 4.79. The highest BCUT2D eigenvalue weighted by Crippen LogP contribution is 2.27. The van der Waals surface area contributed by atoms with Crippen LogP contribution in [-0.4, -0.2) is 28.7 Å². The lowest BCUT2D eigenvalue weighted by molar-refractivity contribution is 0.185. The number of ether oxygens (including phenoxy) is 1. The van der Waals surface area contributed by atoms with Crippen LogP contribution in [0.25, 0.3) is 0 Å². The molecule has 1 aromatic heterocycles. The smallest absolute Gasteiger partial charge is 0.107 e. The summed E-state index contributed by atoms with van der Waals surface area (Å²) in [5.74, 6) is 0. The Hall–Kier alpha value is -1.20. The summed E-state index contributed by atoms with van der Waals surface area (Å²) in [7, 11) is 0. The van der Waals surface area contributed by atoms with E-state index in [1.54, 1.807) is 0 Å². The van der Waals surface area contributed by atoms with Gasteiger partial charge in [-0.05, 0) is 33.3 Å². The fraction of sp³-hybridized carbons (Fsp3) is 0.538. The first-order chi connectivity index (χ1) is 8.41. The molecule has 1 aliphatic rings. The van der Waals surface area contributed by atoms with Gasteiger partial charge in [-0.2, -0.15) is 0 Å². The first-order valence-corrected chi connectivity index (χ1v) is 6.46. The third-order valence-corrected chi connectivity index (χ3v) is 3.43. The third-order valence-electron chi connectivity index (χ3n) is 3.23. The summed E-state index contributed by atoms with van der Waals surface area (Å²) in [6.07, 6.45) is 0.976. The minimum Gasteiger partial charge on any atom is -0.389 e. The van der Waals surface area contributed by atoms with Crippen molar-refractivity contribution in [3.8, 4) is 0 Å². The quantitative estimate of drug-likeness (QED) is 0.818. The average molecular weight is 265 g/mol. The molecular formula is C13H19N3OS. The third kappa shape index (κ3) is 2.62. The fourth-order valence-corrected chi connectivity index (χ4v) is 2.59. The molecule has 3 N–H and O–H groups in total. The number of aromatic nitrogens is 1. The van der Waals surface area contributed by atoms with Gasteiger partial charge in [0.25, 0.3) is 0 Å². The lowest BCUT2D eigenvalue weighted by Crippen LogP contribution is -2.36. The fourth-order valence-electron chi connectivity index (χ4n) is 2.33. The molecular weight excluding hydrogens is 246 g/mol. The molecule has 0 spiro atoms. The second-order valence-electron chi connectivity index (χ2n) is 5.12. The maximum Gasteiger partial charge on any atom is 0.107 e. The van der Waals surface area contributed by atoms with Crippen molar-refractivity contribution in [2.24, 2.45) is 5.73 Å². The zero-order valence-electron chi connectivity index (χ0n) is 11.0. The monoisotopic (exact) mass is 265 g/mol. The van der Waals surface area contributed by atoms with Gasteiger partial charge in [-0.3, -0.25) is 4.98 Å². The van der Waals surface area contributed by atoms with Crippen molar-refractivity contribution in [3.05, 3.63) is 23.0 Å². The minimum atomic E-state index is -0.0558. The maximum absolute atomic E-state index is 5.80. The molecule has 98 valence electrons. The topological polar surface area (TPSA) is 60.2 Å². The Morgan fingerprint density at radius 3 is 2.83 bits per heavy atom. The number of aryl methyl sites for hydroxylation is 2. The SMILES string of the molecule is Cc1cc(NC2(C)CCOC2)c(C(N)=S)c(C)n1. The standard InChI is InChI=1S/C13H19N3OS/c1-8-6-10(11(12(14)18)9(2)15-8)16-13(3)4-5-17-7-13/h6H,4-5,7H2,1-3H3,(H2,14,18)(H,15,16). The molecule has 0 aromatic carbocycles. The van der Waals surface area contributed by atoms with E-state index in [1.807, 2.05) is 19.9 Å². The first-order valence-electron chi connectivity index (χ1n) is 6.05. The largest absolute Gasteiger partial charge is 0.389 e. The predicted octanol–water partition coefficient (Wildman–Crippen LogP) is 1.92. The highest BCUT2D eigenvalue weighted by Gasteiger charge is 2.30. The molecule has 1 saturated heterocycles. The molecule has 1 aliphatic heterocycles. The van der Waals surface area contributed by atoms with Gasteiger partial charge in [0.2, 0.25) is 0 Å². The molecule has 0 amide bonds. The van der Waals surface area contributed by atoms with Crippen LogP contribution < -0.4 is 11.1 Å². The Morgan fingerprint density at radius 2 is 2.28 bits per heavy atom. The van der Waals surface area contributed by atoms with E-state index >= 15 is 0 Å². The van der Waals surface area contributed by atoms with E-state index in [1.165, 1.54) is 0 Å². The number of pyridine rings is 1. The molecule has 1 aromatic rings. The Morgan fingerprint density at radius 1 is 1.56 bits per heavy atom. The predicted molar refractivity (Wildman–Crippen MR) is 77.1 cm³/mol. The molecule has 4 nitrogen and oxygen atoms in total. The van der Waals surface area contributed by atoms with E-state index in [-0.39, 0.29) is 5.54 Å². The average Bonchev–Trinajstić information content (AvgIpc) is 2.62. The second-order valence-corrected chi connectivity index (χ2v) is 5.56. The van der Waals surface area contributed by atoms with Gasteiger partial charge < -0.3 is 15.8 Å². The number of rotatable bonds is 3. The van der Waals surface area contributed by atoms with Crippen LogP contribution in [0.1, 0.15) is 30.3 Å². The number of hydrogen-bond donors (Lipinski definition) is 2. The van der Waals surface area contributed by atoms with Gasteiger partial charge in [-0.15, -0.1) is 0 Å². The summed E-state index contributed by atoms with van der Waals surface area (Å²) in [5, 5.41) is 3.52. The molecule has 5 heteroatoms. The zero-order valence-corrected chi connectivity index (χ0v) is 11.9. The Bertz CT molecular complexity index is 481. The van der Waals surface area contributed by atoms with Crippen LogP contribution in [0.2, 0.25) is 0 Å². The summed E-state index contributed by atoms with van der Waals surface area (Å²) >= 11 is 5.12. The summed E-state index contributed by atoms with van der Waals surface area (Å²) in [6.45, 7) is 7.53. The molecule has 0 radical (unpaired) electrons. The van der Waals surface area contributed by atoms with E-state index in [9.17, 15) is 0 Å². The lowest BCUT2D eigenvalue weighted by Gasteiger charge is -2.27. The highest BCUT2D eigenvalue weighted by atomic mass is 32.1. The molecule has 0 aliphatic carbocycles. The van der Waals surface area contributed by atoms with Gasteiger partial charge in [-0.25, -0.2) is 0 Å². The summed E-state index contributed by atoms with van der Waals surface area (Å²) < 4.78 is 5.45. The first kappa shape index (κ1) is 13.2. The molecule has 0 saturated carbocycles. The summed E-state index contributed by atoms with van der Waals surface area (Å²) in [5.41, 5.74) is 9.37. The van der Waals surface area contributed by atoms with Gasteiger partial charge in [0, 0.05) is 23.7 Å². The number of nitrogens with zero attached hydrogens (tertiary/aromatic N) is 1. The number of thiocarbonyl (C=S) groups is 1. The molecule has 1 unspecified atom stereocenters. The zero-order chi connectivity index (χ0) is 13.3. The summed E-state index contributed by atoms with van der Waals surface area (Å²) in [6, 6.07) is 1.99. The van der Waals surface area contributed by atoms with Crippen molar-refractivity contribution < 1.29 is 4.74 Å². The van der Waals surface area contributed by atoms with Crippen LogP contribution in [0.15, 0.2) is 6.07 Å². The number of nitrogens with one attached hydrogen (secondary N) is 1. The van der Waals surface area contributed by atoms with Crippen molar-refractivity contribution in [1.29, 1.82) is 0 Å². The van der Waals surface area contributed by atoms with E-state index < -0.39 is 0 Å². The Labute approximate surface area is 113 Å². The molecule has 2 heterocycles. The van der Waals surface area contributed by atoms with E-state index in [4.69, 9.17) is 22.7 Å². The van der Waals surface area contributed by atoms with Crippen molar-refractivity contribution in [1.82, 2.24) is 4.98 Å². The van der Waals surface area contributed by atoms with E-state index in [0.717, 1.165) is 35.7 Å². The van der Waals surface area contributed by atoms with Gasteiger partial charge in [0.1, 0.15) is 4.99 Å².